The van der Waals surface area contributed by atoms with Gasteiger partial charge in [-0.2, -0.15) is 0 Å². The van der Waals surface area contributed by atoms with E-state index >= 15 is 0 Å². The molecule has 0 aliphatic carbocycles. The average Bonchev–Trinajstić information content (AvgIpc) is 2.57. The molecule has 1 saturated heterocycles. The van der Waals surface area contributed by atoms with Gasteiger partial charge in [-0.05, 0) is 39.7 Å². The first-order chi connectivity index (χ1) is 8.83. The molecule has 3 unspecified atom stereocenters. The topological polar surface area (TPSA) is 49.5 Å². The molecule has 1 aromatic carbocycles. The highest BCUT2D eigenvalue weighted by atomic mass is 16.3. The third-order valence-electron chi connectivity index (χ3n) is 4.76. The summed E-state index contributed by atoms with van der Waals surface area (Å²) in [6, 6.07) is 10.7. The van der Waals surface area contributed by atoms with Crippen LogP contribution in [0.25, 0.3) is 0 Å². The number of likely N-dealkylation sites (tertiary alicyclic amines) is 1. The van der Waals surface area contributed by atoms with Crippen LogP contribution in [0.5, 0.6) is 0 Å². The molecule has 0 amide bonds. The van der Waals surface area contributed by atoms with E-state index in [0.717, 1.165) is 6.42 Å². The lowest BCUT2D eigenvalue weighted by molar-refractivity contribution is -0.00240. The Kier molecular flexibility index (Phi) is 3.74. The molecule has 106 valence electrons. The predicted molar refractivity (Wildman–Crippen MR) is 78.9 cm³/mol. The molecule has 3 N–H and O–H groups in total. The summed E-state index contributed by atoms with van der Waals surface area (Å²) in [5.41, 5.74) is 6.86. The maximum Gasteiger partial charge on any atom is 0.0736 e. The molecule has 3 nitrogen and oxygen atoms in total. The zero-order valence-corrected chi connectivity index (χ0v) is 12.4. The van der Waals surface area contributed by atoms with Crippen LogP contribution in [0.4, 0.5) is 0 Å². The molecule has 3 heteroatoms. The molecule has 3 atom stereocenters. The van der Waals surface area contributed by atoms with Crippen LogP contribution < -0.4 is 5.73 Å². The summed E-state index contributed by atoms with van der Waals surface area (Å²) in [6.45, 7) is 9.13. The molecule has 1 heterocycles. The van der Waals surface area contributed by atoms with Gasteiger partial charge in [-0.3, -0.25) is 4.90 Å². The molecule has 1 aliphatic rings. The Morgan fingerprint density at radius 3 is 2.42 bits per heavy atom. The number of aliphatic hydroxyl groups is 1. The highest BCUT2D eigenvalue weighted by Crippen LogP contribution is 2.45. The molecule has 0 aromatic heterocycles. The summed E-state index contributed by atoms with van der Waals surface area (Å²) in [7, 11) is 0. The molecular weight excluding hydrogens is 236 g/mol. The summed E-state index contributed by atoms with van der Waals surface area (Å²) < 4.78 is 0. The summed E-state index contributed by atoms with van der Waals surface area (Å²) in [6.07, 6.45) is 0.389. The smallest absolute Gasteiger partial charge is 0.0736 e. The van der Waals surface area contributed by atoms with Crippen molar-refractivity contribution in [2.24, 2.45) is 5.73 Å². The van der Waals surface area contributed by atoms with Crippen LogP contribution in [0, 0.1) is 0 Å². The normalized spacial score (nSPS) is 32.4. The van der Waals surface area contributed by atoms with E-state index in [0.29, 0.717) is 6.54 Å². The largest absolute Gasteiger partial charge is 0.391 e. The minimum absolute atomic E-state index is 0.155. The highest BCUT2D eigenvalue weighted by Gasteiger charge is 2.54. The minimum atomic E-state index is -0.341. The fourth-order valence-electron chi connectivity index (χ4n) is 3.65. The third kappa shape index (κ3) is 2.31. The second-order valence-electron chi connectivity index (χ2n) is 6.53. The zero-order valence-electron chi connectivity index (χ0n) is 12.4. The number of rotatable bonds is 3. The second kappa shape index (κ2) is 4.89. The fraction of sp³-hybridized carbons (Fsp3) is 0.625. The molecule has 19 heavy (non-hydrogen) atoms. The maximum absolute atomic E-state index is 10.4. The van der Waals surface area contributed by atoms with Gasteiger partial charge < -0.3 is 10.8 Å². The van der Waals surface area contributed by atoms with Crippen LogP contribution in [0.1, 0.15) is 45.7 Å². The zero-order chi connectivity index (χ0) is 14.3. The Hall–Kier alpha value is -0.900. The first-order valence-electron chi connectivity index (χ1n) is 7.05. The lowest BCUT2D eigenvalue weighted by Gasteiger charge is -2.46. The summed E-state index contributed by atoms with van der Waals surface area (Å²) in [4.78, 5) is 2.39. The van der Waals surface area contributed by atoms with Gasteiger partial charge in [0.25, 0.3) is 0 Å². The van der Waals surface area contributed by atoms with Crippen molar-refractivity contribution in [1.29, 1.82) is 0 Å². The van der Waals surface area contributed by atoms with Gasteiger partial charge in [0.1, 0.15) is 0 Å². The van der Waals surface area contributed by atoms with E-state index in [1.807, 2.05) is 6.07 Å². The third-order valence-corrected chi connectivity index (χ3v) is 4.76. The standard InChI is InChI=1S/C16H26N2O/c1-12(13-8-6-5-7-9-13)18-15(2,3)14(19)10-16(18,4)11-17/h5-9,12,14,19H,10-11,17H2,1-4H3. The number of benzene rings is 1. The van der Waals surface area contributed by atoms with Crippen molar-refractivity contribution >= 4 is 0 Å². The lowest BCUT2D eigenvalue weighted by atomic mass is 9.95. The number of hydrogen-bond acceptors (Lipinski definition) is 3. The van der Waals surface area contributed by atoms with Crippen LogP contribution in [-0.2, 0) is 0 Å². The van der Waals surface area contributed by atoms with Crippen molar-refractivity contribution in [3.8, 4) is 0 Å². The van der Waals surface area contributed by atoms with E-state index in [1.54, 1.807) is 0 Å². The molecule has 2 rings (SSSR count). The number of aliphatic hydroxyl groups excluding tert-OH is 1. The first kappa shape index (κ1) is 14.5. The number of hydrogen-bond donors (Lipinski definition) is 2. The molecular formula is C16H26N2O. The van der Waals surface area contributed by atoms with Crippen molar-refractivity contribution < 1.29 is 5.11 Å². The minimum Gasteiger partial charge on any atom is -0.391 e. The van der Waals surface area contributed by atoms with E-state index in [9.17, 15) is 5.11 Å². The van der Waals surface area contributed by atoms with Gasteiger partial charge in [0.15, 0.2) is 0 Å². The first-order valence-corrected chi connectivity index (χ1v) is 7.05. The van der Waals surface area contributed by atoms with E-state index in [-0.39, 0.29) is 23.2 Å². The number of nitrogens with zero attached hydrogens (tertiary/aromatic N) is 1. The molecule has 1 fully saturated rings. The van der Waals surface area contributed by atoms with Crippen molar-refractivity contribution in [3.05, 3.63) is 35.9 Å². The Bertz CT molecular complexity index is 432. The Morgan fingerprint density at radius 2 is 1.89 bits per heavy atom. The van der Waals surface area contributed by atoms with Gasteiger partial charge in [0.05, 0.1) is 6.10 Å². The van der Waals surface area contributed by atoms with E-state index < -0.39 is 0 Å². The Labute approximate surface area is 116 Å². The molecule has 0 bridgehead atoms. The van der Waals surface area contributed by atoms with Crippen molar-refractivity contribution in [2.75, 3.05) is 6.54 Å². The van der Waals surface area contributed by atoms with E-state index in [4.69, 9.17) is 5.73 Å². The molecule has 1 aliphatic heterocycles. The Balaban J connectivity index is 2.40. The van der Waals surface area contributed by atoms with Crippen LogP contribution in [0.2, 0.25) is 0 Å². The van der Waals surface area contributed by atoms with E-state index in [2.05, 4.69) is 56.9 Å². The molecule has 0 spiro atoms. The van der Waals surface area contributed by atoms with Crippen LogP contribution in [0.3, 0.4) is 0 Å². The molecule has 0 radical (unpaired) electrons. The SMILES string of the molecule is CC(c1ccccc1)N1C(C)(CN)CC(O)C1(C)C. The summed E-state index contributed by atoms with van der Waals surface area (Å²) in [5.74, 6) is 0. The monoisotopic (exact) mass is 262 g/mol. The van der Waals surface area contributed by atoms with Crippen LogP contribution in [-0.4, -0.2) is 33.7 Å². The Morgan fingerprint density at radius 1 is 1.32 bits per heavy atom. The van der Waals surface area contributed by atoms with Crippen LogP contribution >= 0.6 is 0 Å². The molecule has 0 saturated carbocycles. The van der Waals surface area contributed by atoms with Crippen molar-refractivity contribution in [3.63, 3.8) is 0 Å². The average molecular weight is 262 g/mol. The van der Waals surface area contributed by atoms with Crippen molar-refractivity contribution in [1.82, 2.24) is 4.90 Å². The fourth-order valence-corrected chi connectivity index (χ4v) is 3.65. The van der Waals surface area contributed by atoms with Gasteiger partial charge in [0.2, 0.25) is 0 Å². The van der Waals surface area contributed by atoms with Gasteiger partial charge in [-0.1, -0.05) is 30.3 Å². The number of nitrogens with two attached hydrogens (primary N) is 1. The van der Waals surface area contributed by atoms with Gasteiger partial charge >= 0.3 is 0 Å². The van der Waals surface area contributed by atoms with Crippen LogP contribution in [0.15, 0.2) is 30.3 Å². The van der Waals surface area contributed by atoms with Gasteiger partial charge in [0, 0.05) is 23.7 Å². The predicted octanol–water partition coefficient (Wildman–Crippen LogP) is 2.31. The van der Waals surface area contributed by atoms with Gasteiger partial charge in [-0.15, -0.1) is 0 Å². The maximum atomic E-state index is 10.4. The van der Waals surface area contributed by atoms with E-state index in [1.165, 1.54) is 5.56 Å². The lowest BCUT2D eigenvalue weighted by Crippen LogP contribution is -2.55. The molecule has 1 aromatic rings. The van der Waals surface area contributed by atoms with Gasteiger partial charge in [-0.25, -0.2) is 0 Å². The highest BCUT2D eigenvalue weighted by molar-refractivity contribution is 5.22. The second-order valence-corrected chi connectivity index (χ2v) is 6.53. The summed E-state index contributed by atoms with van der Waals surface area (Å²) in [5, 5.41) is 10.4. The van der Waals surface area contributed by atoms with Crippen molar-refractivity contribution in [2.45, 2.75) is 57.3 Å². The summed E-state index contributed by atoms with van der Waals surface area (Å²) >= 11 is 0. The quantitative estimate of drug-likeness (QED) is 0.879.